The van der Waals surface area contributed by atoms with Crippen LogP contribution in [0.4, 0.5) is 35.9 Å². The van der Waals surface area contributed by atoms with Gasteiger partial charge in [0.1, 0.15) is 0 Å². The number of carbonyl (C=O) groups excluding carboxylic acids is 3. The van der Waals surface area contributed by atoms with Crippen LogP contribution in [0.15, 0.2) is 72.8 Å². The van der Waals surface area contributed by atoms with Crippen LogP contribution in [0, 0.1) is 5.41 Å². The molecule has 5 N–H and O–H groups in total. The number of ether oxygens (including phenoxy) is 1. The van der Waals surface area contributed by atoms with E-state index in [1.54, 1.807) is 42.5 Å². The standard InChI is InChI=1S/C35H33ClF3N9O4S/c1-33(2,18-41-27(50)28(51)44-32-43-24-5-3-4-6-25(24)53-32)17-40-26(49)20-7-13-23(14-8-20)42-29-45-30(47-31(46-29)52-19-35(37,38)39)48-34(15-16-34)21-9-11-22(36)12-10-21/h3-14H,15-19H2,1-2H3,(H,40,49)(H,41,50)(H,43,44,51)(H2,42,45,46,47,48). The maximum absolute atomic E-state index is 13.0. The molecule has 0 spiro atoms. The second-order valence-electron chi connectivity index (χ2n) is 13.1. The summed E-state index contributed by atoms with van der Waals surface area (Å²) >= 11 is 7.29. The zero-order valence-electron chi connectivity index (χ0n) is 28.3. The number of thiazole rings is 1. The summed E-state index contributed by atoms with van der Waals surface area (Å²) in [4.78, 5) is 54.6. The number of rotatable bonds is 13. The molecule has 0 unspecified atom stereocenters. The number of para-hydroxylation sites is 1. The van der Waals surface area contributed by atoms with Gasteiger partial charge in [-0.15, -0.1) is 0 Å². The number of aromatic nitrogens is 4. The molecule has 6 rings (SSSR count). The molecule has 1 fully saturated rings. The SMILES string of the molecule is CC(C)(CNC(=O)C(=O)Nc1nc2ccccc2s1)CNC(=O)c1ccc(Nc2nc(NC3(c4ccc(Cl)cc4)CC3)nc(OCC(F)(F)F)n2)cc1. The Morgan fingerprint density at radius 2 is 1.53 bits per heavy atom. The second-order valence-corrected chi connectivity index (χ2v) is 14.5. The Morgan fingerprint density at radius 3 is 2.21 bits per heavy atom. The summed E-state index contributed by atoms with van der Waals surface area (Å²) in [5.41, 5.74) is 1.24. The molecule has 2 heterocycles. The van der Waals surface area contributed by atoms with Gasteiger partial charge in [0.05, 0.1) is 15.8 Å². The molecule has 3 aromatic carbocycles. The van der Waals surface area contributed by atoms with Crippen LogP contribution in [0.25, 0.3) is 10.2 Å². The Balaban J connectivity index is 1.03. The number of nitrogens with one attached hydrogen (secondary N) is 5. The van der Waals surface area contributed by atoms with Crippen molar-refractivity contribution in [2.24, 2.45) is 5.41 Å². The number of benzene rings is 3. The predicted octanol–water partition coefficient (Wildman–Crippen LogP) is 6.43. The van der Waals surface area contributed by atoms with Gasteiger partial charge in [-0.1, -0.05) is 61.1 Å². The summed E-state index contributed by atoms with van der Waals surface area (Å²) in [5, 5.41) is 14.9. The highest BCUT2D eigenvalue weighted by Gasteiger charge is 2.45. The maximum atomic E-state index is 13.0. The highest BCUT2D eigenvalue weighted by atomic mass is 35.5. The van der Waals surface area contributed by atoms with E-state index in [1.165, 1.54) is 11.3 Å². The van der Waals surface area contributed by atoms with Crippen LogP contribution in [0.1, 0.15) is 42.6 Å². The highest BCUT2D eigenvalue weighted by Crippen LogP contribution is 2.48. The lowest BCUT2D eigenvalue weighted by molar-refractivity contribution is -0.154. The van der Waals surface area contributed by atoms with Crippen molar-refractivity contribution in [3.63, 3.8) is 0 Å². The van der Waals surface area contributed by atoms with E-state index in [2.05, 4.69) is 46.5 Å². The smallest absolute Gasteiger partial charge is 0.422 e. The van der Waals surface area contributed by atoms with Crippen molar-refractivity contribution in [2.75, 3.05) is 35.6 Å². The van der Waals surface area contributed by atoms with E-state index in [0.717, 1.165) is 23.1 Å². The van der Waals surface area contributed by atoms with Crippen LogP contribution in [0.2, 0.25) is 5.02 Å². The first-order valence-electron chi connectivity index (χ1n) is 16.3. The zero-order valence-corrected chi connectivity index (χ0v) is 29.9. The molecule has 0 bridgehead atoms. The van der Waals surface area contributed by atoms with Gasteiger partial charge in [-0.05, 0) is 72.4 Å². The first-order valence-corrected chi connectivity index (χ1v) is 17.4. The molecule has 2 aromatic heterocycles. The number of hydrogen-bond acceptors (Lipinski definition) is 11. The maximum Gasteiger partial charge on any atom is 0.422 e. The van der Waals surface area contributed by atoms with Gasteiger partial charge in [0, 0.05) is 29.4 Å². The summed E-state index contributed by atoms with van der Waals surface area (Å²) in [6, 6.07) is 20.3. The van der Waals surface area contributed by atoms with Crippen molar-refractivity contribution in [3.05, 3.63) is 88.9 Å². The number of alkyl halides is 3. The molecule has 53 heavy (non-hydrogen) atoms. The monoisotopic (exact) mass is 767 g/mol. The van der Waals surface area contributed by atoms with Crippen molar-refractivity contribution in [2.45, 2.75) is 38.4 Å². The Morgan fingerprint density at radius 1 is 0.849 bits per heavy atom. The second kappa shape index (κ2) is 15.2. The number of carbonyl (C=O) groups is 3. The lowest BCUT2D eigenvalue weighted by atomic mass is 9.93. The summed E-state index contributed by atoms with van der Waals surface area (Å²) in [6.07, 6.45) is -3.14. The molecular weight excluding hydrogens is 735 g/mol. The van der Waals surface area contributed by atoms with Gasteiger partial charge in [-0.25, -0.2) is 4.98 Å². The molecule has 0 radical (unpaired) electrons. The minimum absolute atomic E-state index is 0.00996. The Hall–Kier alpha value is -5.55. The van der Waals surface area contributed by atoms with Crippen LogP contribution in [0.5, 0.6) is 6.01 Å². The first kappa shape index (κ1) is 37.2. The molecule has 0 saturated heterocycles. The van der Waals surface area contributed by atoms with Gasteiger partial charge in [0.2, 0.25) is 11.9 Å². The largest absolute Gasteiger partial charge is 0.454 e. The Bertz CT molecular complexity index is 2090. The minimum atomic E-state index is -4.61. The quantitative estimate of drug-likeness (QED) is 0.0841. The molecule has 3 amide bonds. The fraction of sp³-hybridized carbons (Fsp3) is 0.286. The third kappa shape index (κ3) is 10.1. The lowest BCUT2D eigenvalue weighted by Crippen LogP contribution is -2.44. The molecule has 276 valence electrons. The average molecular weight is 768 g/mol. The van der Waals surface area contributed by atoms with Gasteiger partial charge < -0.3 is 26.0 Å². The van der Waals surface area contributed by atoms with Crippen molar-refractivity contribution in [1.29, 1.82) is 0 Å². The van der Waals surface area contributed by atoms with Crippen LogP contribution >= 0.6 is 22.9 Å². The molecule has 0 aliphatic heterocycles. The molecule has 1 aliphatic carbocycles. The van der Waals surface area contributed by atoms with E-state index >= 15 is 0 Å². The number of nitrogens with zero attached hydrogens (tertiary/aromatic N) is 4. The van der Waals surface area contributed by atoms with Crippen LogP contribution in [0.3, 0.4) is 0 Å². The number of fused-ring (bicyclic) bond motifs is 1. The van der Waals surface area contributed by atoms with E-state index in [4.69, 9.17) is 16.3 Å². The van der Waals surface area contributed by atoms with Crippen molar-refractivity contribution < 1.29 is 32.3 Å². The molecule has 1 aliphatic rings. The van der Waals surface area contributed by atoms with E-state index < -0.39 is 47.5 Å². The fourth-order valence-electron chi connectivity index (χ4n) is 5.07. The molecule has 0 atom stereocenters. The van der Waals surface area contributed by atoms with E-state index in [-0.39, 0.29) is 25.0 Å². The highest BCUT2D eigenvalue weighted by molar-refractivity contribution is 7.22. The summed E-state index contributed by atoms with van der Waals surface area (Å²) < 4.78 is 44.5. The first-order chi connectivity index (χ1) is 25.2. The average Bonchev–Trinajstić information content (AvgIpc) is 3.78. The van der Waals surface area contributed by atoms with E-state index in [1.807, 2.05) is 44.2 Å². The van der Waals surface area contributed by atoms with Crippen molar-refractivity contribution >= 4 is 73.6 Å². The number of anilines is 4. The molecular formula is C35H33ClF3N9O4S. The number of amides is 3. The fourth-order valence-corrected chi connectivity index (χ4v) is 6.06. The third-order valence-corrected chi connectivity index (χ3v) is 9.26. The minimum Gasteiger partial charge on any atom is -0.454 e. The van der Waals surface area contributed by atoms with Gasteiger partial charge >= 0.3 is 24.0 Å². The zero-order chi connectivity index (χ0) is 37.8. The van der Waals surface area contributed by atoms with Crippen molar-refractivity contribution in [1.82, 2.24) is 30.6 Å². The van der Waals surface area contributed by atoms with Crippen LogP contribution in [-0.4, -0.2) is 63.5 Å². The molecule has 1 saturated carbocycles. The molecule has 5 aromatic rings. The predicted molar refractivity (Wildman–Crippen MR) is 194 cm³/mol. The summed E-state index contributed by atoms with van der Waals surface area (Å²) in [6.45, 7) is 2.31. The van der Waals surface area contributed by atoms with E-state index in [0.29, 0.717) is 26.9 Å². The number of hydrogen-bond donors (Lipinski definition) is 5. The van der Waals surface area contributed by atoms with Crippen LogP contribution in [-0.2, 0) is 15.1 Å². The summed E-state index contributed by atoms with van der Waals surface area (Å²) in [7, 11) is 0. The lowest BCUT2D eigenvalue weighted by Gasteiger charge is -2.25. The molecule has 13 nitrogen and oxygen atoms in total. The Labute approximate surface area is 310 Å². The third-order valence-electron chi connectivity index (χ3n) is 8.06. The molecule has 18 heteroatoms. The van der Waals surface area contributed by atoms with Gasteiger partial charge in [0.25, 0.3) is 5.91 Å². The van der Waals surface area contributed by atoms with Crippen molar-refractivity contribution in [3.8, 4) is 6.01 Å². The topological polar surface area (TPSA) is 172 Å². The van der Waals surface area contributed by atoms with Gasteiger partial charge in [-0.2, -0.15) is 28.1 Å². The van der Waals surface area contributed by atoms with E-state index in [9.17, 15) is 27.6 Å². The van der Waals surface area contributed by atoms with Gasteiger partial charge in [0.15, 0.2) is 11.7 Å². The number of halogens is 4. The van der Waals surface area contributed by atoms with Crippen LogP contribution < -0.4 is 31.3 Å². The Kier molecular flexibility index (Phi) is 10.7. The normalized spacial score (nSPS) is 13.5. The summed E-state index contributed by atoms with van der Waals surface area (Å²) in [5.74, 6) is -2.15. The van der Waals surface area contributed by atoms with Gasteiger partial charge in [-0.3, -0.25) is 19.7 Å².